The number of hydrogen-bond donors (Lipinski definition) is 2. The molecule has 0 bridgehead atoms. The summed E-state index contributed by atoms with van der Waals surface area (Å²) in [7, 11) is 0. The van der Waals surface area contributed by atoms with E-state index in [1.54, 1.807) is 36.4 Å². The Balaban J connectivity index is 2.24. The summed E-state index contributed by atoms with van der Waals surface area (Å²) >= 11 is 5.76. The van der Waals surface area contributed by atoms with Gasteiger partial charge in [-0.1, -0.05) is 23.7 Å². The summed E-state index contributed by atoms with van der Waals surface area (Å²) in [6.45, 7) is -0.0394. The van der Waals surface area contributed by atoms with E-state index in [4.69, 9.17) is 27.2 Å². The molecule has 5 heteroatoms. The Labute approximate surface area is 104 Å². The second-order valence-corrected chi connectivity index (χ2v) is 3.86. The number of anilines is 1. The second kappa shape index (κ2) is 5.03. The van der Waals surface area contributed by atoms with Crippen LogP contribution in [0.5, 0.6) is 11.6 Å². The molecular weight excluding hydrogens is 240 g/mol. The van der Waals surface area contributed by atoms with E-state index in [-0.39, 0.29) is 11.8 Å². The number of aromatic nitrogens is 1. The second-order valence-electron chi connectivity index (χ2n) is 3.47. The topological polar surface area (TPSA) is 68.4 Å². The first kappa shape index (κ1) is 11.7. The van der Waals surface area contributed by atoms with Gasteiger partial charge in [0.2, 0.25) is 5.88 Å². The van der Waals surface area contributed by atoms with Gasteiger partial charge in [-0.25, -0.2) is 4.98 Å². The Morgan fingerprint density at radius 3 is 2.82 bits per heavy atom. The Bertz CT molecular complexity index is 511. The van der Waals surface area contributed by atoms with Crippen LogP contribution in [0.3, 0.4) is 0 Å². The zero-order chi connectivity index (χ0) is 12.3. The molecule has 0 radical (unpaired) electrons. The molecule has 0 spiro atoms. The van der Waals surface area contributed by atoms with Crippen molar-refractivity contribution in [3.8, 4) is 11.6 Å². The van der Waals surface area contributed by atoms with Crippen LogP contribution in [0.4, 0.5) is 5.69 Å². The van der Waals surface area contributed by atoms with Crippen LogP contribution in [-0.2, 0) is 6.61 Å². The fourth-order valence-electron chi connectivity index (χ4n) is 1.37. The van der Waals surface area contributed by atoms with Crippen molar-refractivity contribution in [2.75, 3.05) is 5.73 Å². The number of hydrogen-bond acceptors (Lipinski definition) is 4. The van der Waals surface area contributed by atoms with Crippen LogP contribution in [0.1, 0.15) is 5.56 Å². The molecule has 0 fully saturated rings. The molecule has 2 aromatic rings. The van der Waals surface area contributed by atoms with Crippen molar-refractivity contribution in [2.45, 2.75) is 6.61 Å². The standard InChI is InChI=1S/C12H11ClN2O2/c13-11-5-9(14)6-12(15-11)17-10-3-1-2-8(4-10)7-16/h1-6,16H,7H2,(H2,14,15). The molecule has 0 unspecified atom stereocenters. The zero-order valence-electron chi connectivity index (χ0n) is 8.93. The lowest BCUT2D eigenvalue weighted by Gasteiger charge is -2.06. The molecule has 3 N–H and O–H groups in total. The van der Waals surface area contributed by atoms with Gasteiger partial charge in [0.25, 0.3) is 0 Å². The van der Waals surface area contributed by atoms with Gasteiger partial charge in [-0.05, 0) is 23.8 Å². The van der Waals surface area contributed by atoms with E-state index in [9.17, 15) is 0 Å². The molecule has 1 aromatic carbocycles. The highest BCUT2D eigenvalue weighted by Gasteiger charge is 2.02. The quantitative estimate of drug-likeness (QED) is 0.822. The van der Waals surface area contributed by atoms with Crippen LogP contribution in [0.2, 0.25) is 5.15 Å². The Kier molecular flexibility index (Phi) is 3.46. The van der Waals surface area contributed by atoms with E-state index in [0.717, 1.165) is 5.56 Å². The van der Waals surface area contributed by atoms with Gasteiger partial charge in [0.15, 0.2) is 0 Å². The number of nitrogens with zero attached hydrogens (tertiary/aromatic N) is 1. The molecular formula is C12H11ClN2O2. The van der Waals surface area contributed by atoms with Crippen molar-refractivity contribution in [3.63, 3.8) is 0 Å². The van der Waals surface area contributed by atoms with Crippen LogP contribution in [-0.4, -0.2) is 10.1 Å². The lowest BCUT2D eigenvalue weighted by molar-refractivity contribution is 0.281. The smallest absolute Gasteiger partial charge is 0.222 e. The molecule has 1 aromatic heterocycles. The third kappa shape index (κ3) is 3.09. The summed E-state index contributed by atoms with van der Waals surface area (Å²) in [6.07, 6.45) is 0. The third-order valence-electron chi connectivity index (χ3n) is 2.10. The molecule has 0 aliphatic rings. The normalized spacial score (nSPS) is 10.2. The summed E-state index contributed by atoms with van der Waals surface area (Å²) in [5.74, 6) is 0.899. The van der Waals surface area contributed by atoms with E-state index in [1.165, 1.54) is 0 Å². The minimum Gasteiger partial charge on any atom is -0.439 e. The van der Waals surface area contributed by atoms with Gasteiger partial charge in [-0.2, -0.15) is 0 Å². The number of aliphatic hydroxyl groups excluding tert-OH is 1. The van der Waals surface area contributed by atoms with Gasteiger partial charge in [0, 0.05) is 11.8 Å². The van der Waals surface area contributed by atoms with Crippen molar-refractivity contribution in [1.29, 1.82) is 0 Å². The maximum atomic E-state index is 9.00. The van der Waals surface area contributed by atoms with E-state index in [1.807, 2.05) is 0 Å². The average molecular weight is 251 g/mol. The van der Waals surface area contributed by atoms with Crippen molar-refractivity contribution in [2.24, 2.45) is 0 Å². The maximum Gasteiger partial charge on any atom is 0.222 e. The van der Waals surface area contributed by atoms with Crippen molar-refractivity contribution in [1.82, 2.24) is 4.98 Å². The minimum absolute atomic E-state index is 0.0394. The van der Waals surface area contributed by atoms with Crippen LogP contribution >= 0.6 is 11.6 Å². The van der Waals surface area contributed by atoms with Crippen LogP contribution in [0.25, 0.3) is 0 Å². The number of aliphatic hydroxyl groups is 1. The van der Waals surface area contributed by atoms with Gasteiger partial charge in [-0.3, -0.25) is 0 Å². The predicted molar refractivity (Wildman–Crippen MR) is 66.1 cm³/mol. The molecule has 0 saturated heterocycles. The number of rotatable bonds is 3. The molecule has 2 rings (SSSR count). The molecule has 0 amide bonds. The fourth-order valence-corrected chi connectivity index (χ4v) is 1.58. The Hall–Kier alpha value is -1.78. The van der Waals surface area contributed by atoms with E-state index in [2.05, 4.69) is 4.98 Å². The van der Waals surface area contributed by atoms with E-state index < -0.39 is 0 Å². The van der Waals surface area contributed by atoms with Crippen molar-refractivity contribution < 1.29 is 9.84 Å². The summed E-state index contributed by atoms with van der Waals surface area (Å²) < 4.78 is 5.50. The maximum absolute atomic E-state index is 9.00. The SMILES string of the molecule is Nc1cc(Cl)nc(Oc2cccc(CO)c2)c1. The third-order valence-corrected chi connectivity index (χ3v) is 2.29. The average Bonchev–Trinajstić information content (AvgIpc) is 2.28. The van der Waals surface area contributed by atoms with Gasteiger partial charge < -0.3 is 15.6 Å². The lowest BCUT2D eigenvalue weighted by Crippen LogP contribution is -1.92. The lowest BCUT2D eigenvalue weighted by atomic mass is 10.2. The van der Waals surface area contributed by atoms with Crippen molar-refractivity contribution >= 4 is 17.3 Å². The monoisotopic (exact) mass is 250 g/mol. The van der Waals surface area contributed by atoms with Crippen LogP contribution < -0.4 is 10.5 Å². The molecule has 0 aliphatic heterocycles. The molecule has 0 atom stereocenters. The number of ether oxygens (including phenoxy) is 1. The van der Waals surface area contributed by atoms with Gasteiger partial charge in [0.1, 0.15) is 10.9 Å². The molecule has 4 nitrogen and oxygen atoms in total. The first-order valence-corrected chi connectivity index (χ1v) is 5.36. The molecule has 0 aliphatic carbocycles. The number of nitrogens with two attached hydrogens (primary N) is 1. The number of pyridine rings is 1. The Morgan fingerprint density at radius 1 is 1.29 bits per heavy atom. The molecule has 88 valence electrons. The zero-order valence-corrected chi connectivity index (χ0v) is 9.69. The molecule has 0 saturated carbocycles. The predicted octanol–water partition coefficient (Wildman–Crippen LogP) is 2.60. The highest BCUT2D eigenvalue weighted by molar-refractivity contribution is 6.29. The fraction of sp³-hybridized carbons (Fsp3) is 0.0833. The van der Waals surface area contributed by atoms with Crippen LogP contribution in [0.15, 0.2) is 36.4 Å². The Morgan fingerprint density at radius 2 is 2.12 bits per heavy atom. The molecule has 17 heavy (non-hydrogen) atoms. The summed E-state index contributed by atoms with van der Waals surface area (Å²) in [6, 6.07) is 10.2. The van der Waals surface area contributed by atoms with Gasteiger partial charge in [-0.15, -0.1) is 0 Å². The first-order valence-electron chi connectivity index (χ1n) is 4.98. The van der Waals surface area contributed by atoms with E-state index >= 15 is 0 Å². The number of halogens is 1. The van der Waals surface area contributed by atoms with Crippen molar-refractivity contribution in [3.05, 3.63) is 47.1 Å². The van der Waals surface area contributed by atoms with Crippen LogP contribution in [0, 0.1) is 0 Å². The highest BCUT2D eigenvalue weighted by Crippen LogP contribution is 2.24. The number of benzene rings is 1. The van der Waals surface area contributed by atoms with E-state index in [0.29, 0.717) is 17.3 Å². The summed E-state index contributed by atoms with van der Waals surface area (Å²) in [5.41, 5.74) is 6.87. The first-order chi connectivity index (χ1) is 8.17. The minimum atomic E-state index is -0.0394. The van der Waals surface area contributed by atoms with Gasteiger partial charge >= 0.3 is 0 Å². The highest BCUT2D eigenvalue weighted by atomic mass is 35.5. The number of nitrogen functional groups attached to an aromatic ring is 1. The van der Waals surface area contributed by atoms with Gasteiger partial charge in [0.05, 0.1) is 6.61 Å². The largest absolute Gasteiger partial charge is 0.439 e. The summed E-state index contributed by atoms with van der Waals surface area (Å²) in [4.78, 5) is 3.99. The summed E-state index contributed by atoms with van der Waals surface area (Å²) in [5, 5.41) is 9.28. The molecule has 1 heterocycles.